The number of nitrogens with one attached hydrogen (secondary N) is 1. The van der Waals surface area contributed by atoms with E-state index in [2.05, 4.69) is 15.4 Å². The first-order valence-corrected chi connectivity index (χ1v) is 9.63. The van der Waals surface area contributed by atoms with Crippen molar-refractivity contribution in [2.45, 2.75) is 49.6 Å². The lowest BCUT2D eigenvalue weighted by Gasteiger charge is -2.60. The highest BCUT2D eigenvalue weighted by molar-refractivity contribution is 8.00. The van der Waals surface area contributed by atoms with E-state index >= 15 is 0 Å². The Bertz CT molecular complexity index is 634. The van der Waals surface area contributed by atoms with Gasteiger partial charge in [0.15, 0.2) is 0 Å². The van der Waals surface area contributed by atoms with E-state index in [9.17, 15) is 18.0 Å². The Hall–Kier alpha value is -1.25. The van der Waals surface area contributed by atoms with Gasteiger partial charge in [-0.1, -0.05) is 0 Å². The maximum absolute atomic E-state index is 12.9. The third-order valence-corrected chi connectivity index (χ3v) is 6.81. The van der Waals surface area contributed by atoms with Crippen molar-refractivity contribution < 1.29 is 18.0 Å². The van der Waals surface area contributed by atoms with Crippen LogP contribution < -0.4 is 5.32 Å². The highest BCUT2D eigenvalue weighted by Gasteiger charge is 2.61. The highest BCUT2D eigenvalue weighted by Crippen LogP contribution is 2.64. The number of aromatic nitrogens is 3. The minimum atomic E-state index is -4.25. The number of rotatable bonds is 5. The number of nitrogens with zero attached hydrogens (tertiary/aromatic N) is 3. The van der Waals surface area contributed by atoms with E-state index in [0.29, 0.717) is 18.3 Å². The van der Waals surface area contributed by atoms with E-state index < -0.39 is 10.9 Å². The summed E-state index contributed by atoms with van der Waals surface area (Å²) in [5.74, 6) is 0.752. The van der Waals surface area contributed by atoms with Gasteiger partial charge < -0.3 is 5.32 Å². The van der Waals surface area contributed by atoms with Crippen molar-refractivity contribution >= 4 is 17.7 Å². The zero-order valence-corrected chi connectivity index (χ0v) is 14.6. The number of carbonyl (C=O) groups excluding carboxylic acids is 1. The van der Waals surface area contributed by atoms with Crippen LogP contribution in [-0.2, 0) is 10.3 Å². The molecule has 4 bridgehead atoms. The molecule has 0 aromatic carbocycles. The summed E-state index contributed by atoms with van der Waals surface area (Å²) in [5.41, 5.74) is -4.86. The lowest BCUT2D eigenvalue weighted by atomic mass is 9.46. The molecule has 0 aliphatic heterocycles. The van der Waals surface area contributed by atoms with Crippen LogP contribution in [-0.4, -0.2) is 38.5 Å². The normalized spacial score (nSPS) is 36.6. The van der Waals surface area contributed by atoms with Gasteiger partial charge in [-0.2, -0.15) is 18.3 Å². The largest absolute Gasteiger partial charge is 0.441 e. The fraction of sp³-hybridized carbons (Fsp3) is 0.812. The van der Waals surface area contributed by atoms with E-state index in [1.54, 1.807) is 6.33 Å². The molecule has 138 valence electrons. The summed E-state index contributed by atoms with van der Waals surface area (Å²) in [6.07, 6.45) is 8.86. The average molecular weight is 374 g/mol. The van der Waals surface area contributed by atoms with E-state index in [1.165, 1.54) is 6.33 Å². The lowest BCUT2D eigenvalue weighted by Crippen LogP contribution is -2.61. The molecule has 1 N–H and O–H groups in total. The molecule has 4 saturated carbocycles. The molecule has 9 heteroatoms. The first-order chi connectivity index (χ1) is 11.8. The van der Waals surface area contributed by atoms with Crippen molar-refractivity contribution in [3.05, 3.63) is 12.7 Å². The van der Waals surface area contributed by atoms with E-state index in [4.69, 9.17) is 0 Å². The van der Waals surface area contributed by atoms with Crippen LogP contribution in [0.3, 0.4) is 0 Å². The smallest absolute Gasteiger partial charge is 0.355 e. The number of amides is 1. The Kier molecular flexibility index (Phi) is 4.05. The Labute approximate surface area is 148 Å². The molecule has 1 aromatic heterocycles. The van der Waals surface area contributed by atoms with Crippen molar-refractivity contribution in [3.8, 4) is 0 Å². The summed E-state index contributed by atoms with van der Waals surface area (Å²) in [4.78, 5) is 17.0. The maximum atomic E-state index is 12.9. The van der Waals surface area contributed by atoms with Gasteiger partial charge in [0.2, 0.25) is 5.91 Å². The fourth-order valence-electron chi connectivity index (χ4n) is 5.72. The molecule has 5 nitrogen and oxygen atoms in total. The summed E-state index contributed by atoms with van der Waals surface area (Å²) in [5, 5.41) is 7.11. The van der Waals surface area contributed by atoms with Crippen LogP contribution in [0.25, 0.3) is 0 Å². The number of halogens is 3. The van der Waals surface area contributed by atoms with Gasteiger partial charge in [-0.3, -0.25) is 4.79 Å². The molecular weight excluding hydrogens is 353 g/mol. The standard InChI is InChI=1S/C16H21F3N4OS/c17-16(18,19)25-2-1-21-13(24)14-4-11-3-12(5-14)7-15(6-11,8-14)23-10-20-9-22-23/h9-12H,1-8H2,(H,21,24). The number of thioether (sulfide) groups is 1. The topological polar surface area (TPSA) is 59.8 Å². The van der Waals surface area contributed by atoms with Gasteiger partial charge in [-0.05, 0) is 62.1 Å². The van der Waals surface area contributed by atoms with Crippen LogP contribution in [0.15, 0.2) is 12.7 Å². The van der Waals surface area contributed by atoms with Crippen molar-refractivity contribution in [2.75, 3.05) is 12.3 Å². The summed E-state index contributed by atoms with van der Waals surface area (Å²) < 4.78 is 38.6. The van der Waals surface area contributed by atoms with Crippen LogP contribution in [0.5, 0.6) is 0 Å². The van der Waals surface area contributed by atoms with E-state index in [-0.39, 0.29) is 35.5 Å². The van der Waals surface area contributed by atoms with Crippen molar-refractivity contribution in [1.29, 1.82) is 0 Å². The second kappa shape index (κ2) is 5.89. The van der Waals surface area contributed by atoms with Crippen molar-refractivity contribution in [2.24, 2.45) is 17.3 Å². The SMILES string of the molecule is O=C(NCCSC(F)(F)F)C12CC3CC(C1)CC(n1cncn1)(C3)C2. The van der Waals surface area contributed by atoms with Gasteiger partial charge in [-0.15, -0.1) is 0 Å². The Morgan fingerprint density at radius 1 is 1.28 bits per heavy atom. The quantitative estimate of drug-likeness (QED) is 0.805. The highest BCUT2D eigenvalue weighted by atomic mass is 32.2. The summed E-state index contributed by atoms with van der Waals surface area (Å²) in [6.45, 7) is 0.0520. The molecule has 4 fully saturated rings. The van der Waals surface area contributed by atoms with Gasteiger partial charge in [0.05, 0.1) is 11.0 Å². The van der Waals surface area contributed by atoms with Crippen molar-refractivity contribution in [3.63, 3.8) is 0 Å². The predicted octanol–water partition coefficient (Wildman–Crippen LogP) is 2.94. The Balaban J connectivity index is 1.47. The molecule has 0 saturated heterocycles. The van der Waals surface area contributed by atoms with Gasteiger partial charge in [0, 0.05) is 12.3 Å². The van der Waals surface area contributed by atoms with Crippen LogP contribution in [0.1, 0.15) is 38.5 Å². The molecule has 25 heavy (non-hydrogen) atoms. The van der Waals surface area contributed by atoms with Gasteiger partial charge in [-0.25, -0.2) is 9.67 Å². The minimum Gasteiger partial charge on any atom is -0.355 e. The van der Waals surface area contributed by atoms with E-state index in [0.717, 1.165) is 32.1 Å². The summed E-state index contributed by atoms with van der Waals surface area (Å²) in [6, 6.07) is 0. The Morgan fingerprint density at radius 2 is 2.00 bits per heavy atom. The molecule has 1 aromatic rings. The number of hydrogen-bond donors (Lipinski definition) is 1. The van der Waals surface area contributed by atoms with Gasteiger partial charge in [0.1, 0.15) is 12.7 Å². The second-order valence-electron chi connectivity index (χ2n) is 7.86. The Morgan fingerprint density at radius 3 is 2.60 bits per heavy atom. The molecule has 2 unspecified atom stereocenters. The molecule has 5 rings (SSSR count). The lowest BCUT2D eigenvalue weighted by molar-refractivity contribution is -0.155. The molecular formula is C16H21F3N4OS. The maximum Gasteiger partial charge on any atom is 0.441 e. The molecule has 1 amide bonds. The number of hydrogen-bond acceptors (Lipinski definition) is 4. The molecule has 0 radical (unpaired) electrons. The molecule has 1 heterocycles. The third kappa shape index (κ3) is 3.15. The monoisotopic (exact) mass is 374 g/mol. The van der Waals surface area contributed by atoms with Gasteiger partial charge in [0.25, 0.3) is 0 Å². The fourth-order valence-corrected chi connectivity index (χ4v) is 6.16. The number of alkyl halides is 3. The predicted molar refractivity (Wildman–Crippen MR) is 86.6 cm³/mol. The van der Waals surface area contributed by atoms with Crippen LogP contribution in [0, 0.1) is 17.3 Å². The first kappa shape index (κ1) is 17.2. The first-order valence-electron chi connectivity index (χ1n) is 8.64. The molecule has 4 aliphatic carbocycles. The van der Waals surface area contributed by atoms with Crippen molar-refractivity contribution in [1.82, 2.24) is 20.1 Å². The number of carbonyl (C=O) groups is 1. The zero-order chi connectivity index (χ0) is 17.7. The average Bonchev–Trinajstić information content (AvgIpc) is 3.04. The van der Waals surface area contributed by atoms with E-state index in [1.807, 2.05) is 4.68 Å². The van der Waals surface area contributed by atoms with Crippen LogP contribution in [0.2, 0.25) is 0 Å². The minimum absolute atomic E-state index is 0.0520. The molecule has 0 spiro atoms. The zero-order valence-electron chi connectivity index (χ0n) is 13.8. The second-order valence-corrected chi connectivity index (χ2v) is 9.02. The van der Waals surface area contributed by atoms with Gasteiger partial charge >= 0.3 is 5.51 Å². The third-order valence-electron chi connectivity index (χ3n) is 6.07. The van der Waals surface area contributed by atoms with Crippen LogP contribution >= 0.6 is 11.8 Å². The van der Waals surface area contributed by atoms with Crippen LogP contribution in [0.4, 0.5) is 13.2 Å². The summed E-state index contributed by atoms with van der Waals surface area (Å²) >= 11 is -0.0873. The summed E-state index contributed by atoms with van der Waals surface area (Å²) in [7, 11) is 0. The molecule has 2 atom stereocenters. The molecule has 4 aliphatic rings.